The molecule has 1 aromatic heterocycles. The Bertz CT molecular complexity index is 345. The molecule has 2 N–H and O–H groups in total. The second-order valence-corrected chi connectivity index (χ2v) is 4.26. The highest BCUT2D eigenvalue weighted by Gasteiger charge is 2.13. The maximum absolute atomic E-state index is 11.6. The van der Waals surface area contributed by atoms with Gasteiger partial charge in [-0.25, -0.2) is 4.98 Å². The van der Waals surface area contributed by atoms with Gasteiger partial charge in [0.2, 0.25) is 5.82 Å². The van der Waals surface area contributed by atoms with E-state index in [0.717, 1.165) is 12.4 Å². The van der Waals surface area contributed by atoms with Crippen LogP contribution in [-0.4, -0.2) is 53.2 Å². The van der Waals surface area contributed by atoms with Crippen LogP contribution in [0.4, 0.5) is 0 Å². The number of aromatic amines is 1. The van der Waals surface area contributed by atoms with Crippen LogP contribution in [-0.2, 0) is 0 Å². The van der Waals surface area contributed by atoms with Gasteiger partial charge >= 0.3 is 0 Å². The monoisotopic (exact) mass is 225 g/mol. The number of nitrogens with zero attached hydrogens (tertiary/aromatic N) is 3. The number of rotatable bonds is 5. The maximum Gasteiger partial charge on any atom is 0.291 e. The highest BCUT2D eigenvalue weighted by atomic mass is 16.2. The molecule has 0 aliphatic carbocycles. The topological polar surface area (TPSA) is 73.9 Å². The van der Waals surface area contributed by atoms with E-state index in [1.54, 1.807) is 0 Å². The van der Waals surface area contributed by atoms with Crippen molar-refractivity contribution in [2.45, 2.75) is 19.8 Å². The molecule has 0 atom stereocenters. The van der Waals surface area contributed by atoms with Crippen molar-refractivity contribution >= 4 is 5.91 Å². The quantitative estimate of drug-likeness (QED) is 0.751. The molecule has 0 aromatic carbocycles. The number of carbonyl (C=O) groups excluding carboxylic acids is 1. The van der Waals surface area contributed by atoms with Gasteiger partial charge in [0.1, 0.15) is 5.82 Å². The molecule has 0 spiro atoms. The van der Waals surface area contributed by atoms with Crippen molar-refractivity contribution in [1.29, 1.82) is 0 Å². The summed E-state index contributed by atoms with van der Waals surface area (Å²) in [6.07, 6.45) is 0. The number of H-pyrrole nitrogens is 1. The zero-order valence-electron chi connectivity index (χ0n) is 10.2. The molecule has 1 amide bonds. The Morgan fingerprint density at radius 1 is 1.50 bits per heavy atom. The fourth-order valence-electron chi connectivity index (χ4n) is 1.11. The number of aromatic nitrogens is 3. The Kier molecular flexibility index (Phi) is 4.42. The Labute approximate surface area is 95.4 Å². The molecule has 6 heteroatoms. The van der Waals surface area contributed by atoms with Gasteiger partial charge in [0, 0.05) is 19.0 Å². The van der Waals surface area contributed by atoms with Crippen molar-refractivity contribution in [3.63, 3.8) is 0 Å². The lowest BCUT2D eigenvalue weighted by atomic mass is 10.2. The first-order valence-electron chi connectivity index (χ1n) is 5.36. The van der Waals surface area contributed by atoms with Gasteiger partial charge in [0.15, 0.2) is 0 Å². The molecule has 90 valence electrons. The number of amides is 1. The van der Waals surface area contributed by atoms with Crippen LogP contribution in [0.3, 0.4) is 0 Å². The largest absolute Gasteiger partial charge is 0.348 e. The molecule has 0 saturated heterocycles. The smallest absolute Gasteiger partial charge is 0.291 e. The summed E-state index contributed by atoms with van der Waals surface area (Å²) < 4.78 is 0. The molecule has 1 aromatic rings. The molecule has 0 bridgehead atoms. The molecule has 0 aliphatic rings. The second-order valence-electron chi connectivity index (χ2n) is 4.26. The summed E-state index contributed by atoms with van der Waals surface area (Å²) >= 11 is 0. The third kappa shape index (κ3) is 3.62. The SMILES string of the molecule is CC(C)c1nc(C(=O)NCCN(C)C)n[nH]1. The van der Waals surface area contributed by atoms with Crippen LogP contribution < -0.4 is 5.32 Å². The molecule has 0 radical (unpaired) electrons. The van der Waals surface area contributed by atoms with E-state index in [1.165, 1.54) is 0 Å². The molecule has 0 unspecified atom stereocenters. The van der Waals surface area contributed by atoms with E-state index in [1.807, 2.05) is 32.8 Å². The van der Waals surface area contributed by atoms with Gasteiger partial charge < -0.3 is 10.2 Å². The van der Waals surface area contributed by atoms with E-state index in [2.05, 4.69) is 20.5 Å². The van der Waals surface area contributed by atoms with Gasteiger partial charge in [-0.1, -0.05) is 13.8 Å². The van der Waals surface area contributed by atoms with E-state index in [0.29, 0.717) is 6.54 Å². The third-order valence-electron chi connectivity index (χ3n) is 2.10. The number of likely N-dealkylation sites (N-methyl/N-ethyl adjacent to an activating group) is 1. The van der Waals surface area contributed by atoms with E-state index in [-0.39, 0.29) is 17.6 Å². The average molecular weight is 225 g/mol. The standard InChI is InChI=1S/C10H19N5O/c1-7(2)8-12-9(14-13-8)10(16)11-5-6-15(3)4/h7H,5-6H2,1-4H3,(H,11,16)(H,12,13,14). The average Bonchev–Trinajstić information content (AvgIpc) is 2.65. The Morgan fingerprint density at radius 2 is 2.19 bits per heavy atom. The zero-order chi connectivity index (χ0) is 12.1. The van der Waals surface area contributed by atoms with Crippen molar-refractivity contribution in [3.8, 4) is 0 Å². The van der Waals surface area contributed by atoms with Crippen molar-refractivity contribution in [2.24, 2.45) is 0 Å². The van der Waals surface area contributed by atoms with E-state index >= 15 is 0 Å². The summed E-state index contributed by atoms with van der Waals surface area (Å²) in [6.45, 7) is 5.38. The summed E-state index contributed by atoms with van der Waals surface area (Å²) in [5.41, 5.74) is 0. The molecule has 0 saturated carbocycles. The van der Waals surface area contributed by atoms with Crippen molar-refractivity contribution in [2.75, 3.05) is 27.2 Å². The predicted molar refractivity (Wildman–Crippen MR) is 61.4 cm³/mol. The summed E-state index contributed by atoms with van der Waals surface area (Å²) in [5.74, 6) is 0.959. The molecule has 0 fully saturated rings. The summed E-state index contributed by atoms with van der Waals surface area (Å²) in [7, 11) is 3.91. The first-order valence-corrected chi connectivity index (χ1v) is 5.36. The van der Waals surface area contributed by atoms with E-state index in [9.17, 15) is 4.79 Å². The van der Waals surface area contributed by atoms with Gasteiger partial charge in [0.25, 0.3) is 5.91 Å². The molecule has 16 heavy (non-hydrogen) atoms. The molecular formula is C10H19N5O. The summed E-state index contributed by atoms with van der Waals surface area (Å²) in [4.78, 5) is 17.7. The van der Waals surface area contributed by atoms with Crippen molar-refractivity contribution in [1.82, 2.24) is 25.4 Å². The maximum atomic E-state index is 11.6. The van der Waals surface area contributed by atoms with Crippen LogP contribution >= 0.6 is 0 Å². The Balaban J connectivity index is 2.46. The second kappa shape index (κ2) is 5.60. The summed E-state index contributed by atoms with van der Waals surface area (Å²) in [5, 5.41) is 9.38. The first-order chi connectivity index (χ1) is 7.50. The number of nitrogens with one attached hydrogen (secondary N) is 2. The van der Waals surface area contributed by atoms with Gasteiger partial charge in [-0.3, -0.25) is 9.89 Å². The van der Waals surface area contributed by atoms with Gasteiger partial charge in [-0.15, -0.1) is 5.10 Å². The van der Waals surface area contributed by atoms with Gasteiger partial charge in [-0.2, -0.15) is 0 Å². The van der Waals surface area contributed by atoms with E-state index < -0.39 is 0 Å². The summed E-state index contributed by atoms with van der Waals surface area (Å²) in [6, 6.07) is 0. The minimum Gasteiger partial charge on any atom is -0.348 e. The predicted octanol–water partition coefficient (Wildman–Crippen LogP) is 0.220. The lowest BCUT2D eigenvalue weighted by Gasteiger charge is -2.08. The highest BCUT2D eigenvalue weighted by molar-refractivity contribution is 5.90. The Morgan fingerprint density at radius 3 is 2.69 bits per heavy atom. The van der Waals surface area contributed by atoms with Crippen molar-refractivity contribution < 1.29 is 4.79 Å². The lowest BCUT2D eigenvalue weighted by Crippen LogP contribution is -2.31. The molecule has 1 rings (SSSR count). The van der Waals surface area contributed by atoms with Crippen molar-refractivity contribution in [3.05, 3.63) is 11.6 Å². The van der Waals surface area contributed by atoms with E-state index in [4.69, 9.17) is 0 Å². The third-order valence-corrected chi connectivity index (χ3v) is 2.10. The minimum atomic E-state index is -0.231. The number of carbonyl (C=O) groups is 1. The highest BCUT2D eigenvalue weighted by Crippen LogP contribution is 2.07. The number of hydrogen-bond acceptors (Lipinski definition) is 4. The first kappa shape index (κ1) is 12.6. The normalized spacial score (nSPS) is 11.1. The zero-order valence-corrected chi connectivity index (χ0v) is 10.2. The Hall–Kier alpha value is -1.43. The van der Waals surface area contributed by atoms with Gasteiger partial charge in [0.05, 0.1) is 0 Å². The fraction of sp³-hybridized carbons (Fsp3) is 0.700. The molecule has 0 aliphatic heterocycles. The fourth-order valence-corrected chi connectivity index (χ4v) is 1.11. The van der Waals surface area contributed by atoms with Crippen LogP contribution in [0.1, 0.15) is 36.2 Å². The van der Waals surface area contributed by atoms with Gasteiger partial charge in [-0.05, 0) is 14.1 Å². The van der Waals surface area contributed by atoms with Crippen LogP contribution in [0, 0.1) is 0 Å². The lowest BCUT2D eigenvalue weighted by molar-refractivity contribution is 0.0941. The molecule has 6 nitrogen and oxygen atoms in total. The number of hydrogen-bond donors (Lipinski definition) is 2. The molecule has 1 heterocycles. The molecular weight excluding hydrogens is 206 g/mol. The van der Waals surface area contributed by atoms with Crippen LogP contribution in [0.5, 0.6) is 0 Å². The van der Waals surface area contributed by atoms with Crippen LogP contribution in [0.25, 0.3) is 0 Å². The minimum absolute atomic E-state index is 0.211. The van der Waals surface area contributed by atoms with Crippen LogP contribution in [0.2, 0.25) is 0 Å². The van der Waals surface area contributed by atoms with Crippen LogP contribution in [0.15, 0.2) is 0 Å².